The number of carbonyl (C=O) groups is 1. The summed E-state index contributed by atoms with van der Waals surface area (Å²) < 4.78 is 0. The molecule has 1 saturated carbocycles. The summed E-state index contributed by atoms with van der Waals surface area (Å²) in [7, 11) is 0. The molecule has 0 radical (unpaired) electrons. The molecule has 4 heteroatoms. The van der Waals surface area contributed by atoms with Crippen LogP contribution >= 0.6 is 0 Å². The number of nitrogens with zero attached hydrogens (tertiary/aromatic N) is 2. The molecule has 2 saturated heterocycles. The average molecular weight is 252 g/mol. The van der Waals surface area contributed by atoms with Gasteiger partial charge in [-0.3, -0.25) is 14.6 Å². The van der Waals surface area contributed by atoms with Crippen molar-refractivity contribution in [1.29, 1.82) is 0 Å². The van der Waals surface area contributed by atoms with Crippen LogP contribution < -0.4 is 0 Å². The van der Waals surface area contributed by atoms with Gasteiger partial charge in [0.25, 0.3) is 0 Å². The normalized spacial score (nSPS) is 35.6. The minimum Gasteiger partial charge on any atom is -0.480 e. The molecular formula is C14H24N2O2. The molecule has 2 aliphatic heterocycles. The van der Waals surface area contributed by atoms with Gasteiger partial charge in [0, 0.05) is 25.2 Å². The Morgan fingerprint density at radius 1 is 0.944 bits per heavy atom. The molecule has 0 amide bonds. The Bertz CT molecular complexity index is 317. The molecule has 0 aromatic carbocycles. The number of likely N-dealkylation sites (tertiary alicyclic amines) is 2. The third-order valence-corrected chi connectivity index (χ3v) is 4.81. The molecule has 1 aliphatic carbocycles. The van der Waals surface area contributed by atoms with E-state index in [2.05, 4.69) is 9.80 Å². The summed E-state index contributed by atoms with van der Waals surface area (Å²) in [6, 6.07) is 1.09. The van der Waals surface area contributed by atoms with Gasteiger partial charge >= 0.3 is 5.97 Å². The van der Waals surface area contributed by atoms with Gasteiger partial charge in [-0.1, -0.05) is 12.8 Å². The summed E-state index contributed by atoms with van der Waals surface area (Å²) in [5, 5.41) is 9.43. The zero-order chi connectivity index (χ0) is 12.5. The van der Waals surface area contributed by atoms with E-state index in [1.807, 2.05) is 0 Å². The first-order valence-corrected chi connectivity index (χ1v) is 7.48. The second-order valence-electron chi connectivity index (χ2n) is 6.11. The lowest BCUT2D eigenvalue weighted by Crippen LogP contribution is -2.48. The van der Waals surface area contributed by atoms with Gasteiger partial charge in [-0.15, -0.1) is 0 Å². The first-order valence-electron chi connectivity index (χ1n) is 7.48. The Morgan fingerprint density at radius 3 is 2.50 bits per heavy atom. The van der Waals surface area contributed by atoms with Crippen LogP contribution in [-0.2, 0) is 4.79 Å². The summed E-state index contributed by atoms with van der Waals surface area (Å²) >= 11 is 0. The predicted molar refractivity (Wildman–Crippen MR) is 69.6 cm³/mol. The zero-order valence-corrected chi connectivity index (χ0v) is 11.1. The Balaban J connectivity index is 1.65. The molecule has 4 nitrogen and oxygen atoms in total. The third kappa shape index (κ3) is 2.54. The molecular weight excluding hydrogens is 228 g/mol. The van der Waals surface area contributed by atoms with Crippen LogP contribution in [0.1, 0.15) is 44.9 Å². The molecule has 1 N–H and O–H groups in total. The first kappa shape index (κ1) is 12.4. The van der Waals surface area contributed by atoms with Gasteiger partial charge in [0.05, 0.1) is 0 Å². The molecule has 2 atom stereocenters. The lowest BCUT2D eigenvalue weighted by atomic mass is 10.1. The van der Waals surface area contributed by atoms with Crippen molar-refractivity contribution in [2.45, 2.75) is 63.1 Å². The van der Waals surface area contributed by atoms with Crippen molar-refractivity contribution in [3.63, 3.8) is 0 Å². The number of carboxylic acids is 1. The van der Waals surface area contributed by atoms with Gasteiger partial charge in [0.1, 0.15) is 6.04 Å². The highest BCUT2D eigenvalue weighted by molar-refractivity contribution is 5.73. The number of hydrogen-bond acceptors (Lipinski definition) is 3. The van der Waals surface area contributed by atoms with Gasteiger partial charge in [-0.2, -0.15) is 0 Å². The van der Waals surface area contributed by atoms with Crippen LogP contribution in [0, 0.1) is 0 Å². The third-order valence-electron chi connectivity index (χ3n) is 4.81. The van der Waals surface area contributed by atoms with Gasteiger partial charge < -0.3 is 5.11 Å². The Hall–Kier alpha value is -0.610. The van der Waals surface area contributed by atoms with Crippen LogP contribution in [0.25, 0.3) is 0 Å². The van der Waals surface area contributed by atoms with E-state index < -0.39 is 5.97 Å². The number of carboxylic acid groups (broad SMARTS) is 1. The molecule has 102 valence electrons. The summed E-state index contributed by atoms with van der Waals surface area (Å²) in [6.07, 6.45) is 8.16. The van der Waals surface area contributed by atoms with Gasteiger partial charge in [-0.05, 0) is 38.6 Å². The highest BCUT2D eigenvalue weighted by atomic mass is 16.4. The van der Waals surface area contributed by atoms with E-state index >= 15 is 0 Å². The highest BCUT2D eigenvalue weighted by Gasteiger charge is 2.39. The minimum absolute atomic E-state index is 0.225. The molecule has 0 aromatic heterocycles. The first-order chi connectivity index (χ1) is 8.75. The number of hydrogen-bond donors (Lipinski definition) is 1. The van der Waals surface area contributed by atoms with Crippen molar-refractivity contribution < 1.29 is 9.90 Å². The SMILES string of the molecule is O=C(O)C1CCCCCN1C1CCN(C2CC2)C1. The minimum atomic E-state index is -0.609. The van der Waals surface area contributed by atoms with E-state index in [0.717, 1.165) is 32.0 Å². The maximum absolute atomic E-state index is 11.4. The van der Waals surface area contributed by atoms with Crippen LogP contribution in [0.15, 0.2) is 0 Å². The lowest BCUT2D eigenvalue weighted by molar-refractivity contribution is -0.144. The van der Waals surface area contributed by atoms with E-state index in [4.69, 9.17) is 0 Å². The quantitative estimate of drug-likeness (QED) is 0.827. The standard InChI is InChI=1S/C14H24N2O2/c17-14(18)13-4-2-1-3-8-16(13)12-7-9-15(10-12)11-5-6-11/h11-13H,1-10H2,(H,17,18). The topological polar surface area (TPSA) is 43.8 Å². The maximum Gasteiger partial charge on any atom is 0.320 e. The number of rotatable bonds is 3. The van der Waals surface area contributed by atoms with Crippen molar-refractivity contribution in [2.75, 3.05) is 19.6 Å². The van der Waals surface area contributed by atoms with Crippen LogP contribution in [0.4, 0.5) is 0 Å². The fraction of sp³-hybridized carbons (Fsp3) is 0.929. The van der Waals surface area contributed by atoms with Crippen molar-refractivity contribution in [3.8, 4) is 0 Å². The second kappa shape index (κ2) is 5.17. The maximum atomic E-state index is 11.4. The van der Waals surface area contributed by atoms with E-state index in [0.29, 0.717) is 6.04 Å². The summed E-state index contributed by atoms with van der Waals surface area (Å²) in [4.78, 5) is 16.3. The van der Waals surface area contributed by atoms with Crippen LogP contribution in [0.3, 0.4) is 0 Å². The Labute approximate surface area is 109 Å². The Kier molecular flexibility index (Phi) is 3.57. The van der Waals surface area contributed by atoms with E-state index in [-0.39, 0.29) is 6.04 Å². The molecule has 0 spiro atoms. The molecule has 0 aromatic rings. The van der Waals surface area contributed by atoms with Crippen molar-refractivity contribution >= 4 is 5.97 Å². The molecule has 3 aliphatic rings. The summed E-state index contributed by atoms with van der Waals surface area (Å²) in [5.74, 6) is -0.609. The molecule has 3 rings (SSSR count). The van der Waals surface area contributed by atoms with Crippen molar-refractivity contribution in [3.05, 3.63) is 0 Å². The molecule has 18 heavy (non-hydrogen) atoms. The fourth-order valence-electron chi connectivity index (χ4n) is 3.64. The lowest BCUT2D eigenvalue weighted by Gasteiger charge is -2.32. The largest absolute Gasteiger partial charge is 0.480 e. The van der Waals surface area contributed by atoms with Crippen molar-refractivity contribution in [2.24, 2.45) is 0 Å². The van der Waals surface area contributed by atoms with Gasteiger partial charge in [0.15, 0.2) is 0 Å². The van der Waals surface area contributed by atoms with Crippen LogP contribution in [-0.4, -0.2) is 58.6 Å². The van der Waals surface area contributed by atoms with E-state index in [1.54, 1.807) is 0 Å². The van der Waals surface area contributed by atoms with Gasteiger partial charge in [-0.25, -0.2) is 0 Å². The van der Waals surface area contributed by atoms with Crippen LogP contribution in [0.5, 0.6) is 0 Å². The fourth-order valence-corrected chi connectivity index (χ4v) is 3.64. The summed E-state index contributed by atoms with van der Waals surface area (Å²) in [6.45, 7) is 3.27. The summed E-state index contributed by atoms with van der Waals surface area (Å²) in [5.41, 5.74) is 0. The van der Waals surface area contributed by atoms with E-state index in [9.17, 15) is 9.90 Å². The number of aliphatic carboxylic acids is 1. The van der Waals surface area contributed by atoms with Gasteiger partial charge in [0.2, 0.25) is 0 Å². The van der Waals surface area contributed by atoms with E-state index in [1.165, 1.54) is 38.6 Å². The average Bonchev–Trinajstić information content (AvgIpc) is 3.13. The predicted octanol–water partition coefficient (Wildman–Crippen LogP) is 1.55. The monoisotopic (exact) mass is 252 g/mol. The van der Waals surface area contributed by atoms with Crippen molar-refractivity contribution in [1.82, 2.24) is 9.80 Å². The highest BCUT2D eigenvalue weighted by Crippen LogP contribution is 2.32. The van der Waals surface area contributed by atoms with Crippen LogP contribution in [0.2, 0.25) is 0 Å². The zero-order valence-electron chi connectivity index (χ0n) is 11.1. The second-order valence-corrected chi connectivity index (χ2v) is 6.11. The molecule has 2 unspecified atom stereocenters. The Morgan fingerprint density at radius 2 is 1.78 bits per heavy atom. The molecule has 0 bridgehead atoms. The molecule has 2 heterocycles. The molecule has 3 fully saturated rings. The smallest absolute Gasteiger partial charge is 0.320 e.